The molecule has 76 valence electrons. The van der Waals surface area contributed by atoms with E-state index in [2.05, 4.69) is 9.47 Å². The third-order valence-electron chi connectivity index (χ3n) is 1.27. The molecule has 0 amide bonds. The van der Waals surface area contributed by atoms with Crippen molar-refractivity contribution in [2.45, 2.75) is 12.5 Å². The number of rotatable bonds is 2. The van der Waals surface area contributed by atoms with Gasteiger partial charge in [-0.05, 0) is 31.2 Å². The van der Waals surface area contributed by atoms with Gasteiger partial charge in [-0.3, -0.25) is 0 Å². The number of hydrogen-bond donors (Lipinski definition) is 0. The molecule has 0 heterocycles. The first-order chi connectivity index (χ1) is 6.58. The van der Waals surface area contributed by atoms with Gasteiger partial charge in [0.25, 0.3) is 0 Å². The smallest absolute Gasteiger partial charge is 0.415 e. The molecule has 1 atom stereocenters. The van der Waals surface area contributed by atoms with Crippen LogP contribution in [-0.4, -0.2) is 11.7 Å². The molecular formula is C9H8ClFO3. The maximum Gasteiger partial charge on any atom is 0.515 e. The minimum absolute atomic E-state index is 0.203. The summed E-state index contributed by atoms with van der Waals surface area (Å²) < 4.78 is 21.6. The standard InChI is InChI=1S/C9H8ClFO3/c1-6(10)13-9(12)14-8-4-2-7(11)3-5-8/h2-6H,1H3/t6-/m1/s1. The Bertz CT molecular complexity index is 310. The van der Waals surface area contributed by atoms with Crippen LogP contribution in [0.5, 0.6) is 5.75 Å². The van der Waals surface area contributed by atoms with Crippen molar-refractivity contribution in [3.05, 3.63) is 30.1 Å². The average Bonchev–Trinajstić information content (AvgIpc) is 2.07. The lowest BCUT2D eigenvalue weighted by Gasteiger charge is -2.06. The van der Waals surface area contributed by atoms with Crippen molar-refractivity contribution in [3.63, 3.8) is 0 Å². The zero-order chi connectivity index (χ0) is 10.6. The van der Waals surface area contributed by atoms with E-state index in [-0.39, 0.29) is 5.75 Å². The highest BCUT2D eigenvalue weighted by atomic mass is 35.5. The van der Waals surface area contributed by atoms with Crippen LogP contribution in [0.15, 0.2) is 24.3 Å². The molecule has 14 heavy (non-hydrogen) atoms. The van der Waals surface area contributed by atoms with E-state index in [0.29, 0.717) is 0 Å². The number of carbonyl (C=O) groups is 1. The van der Waals surface area contributed by atoms with E-state index in [1.807, 2.05) is 0 Å². The van der Waals surface area contributed by atoms with Gasteiger partial charge in [-0.15, -0.1) is 0 Å². The zero-order valence-electron chi connectivity index (χ0n) is 7.37. The van der Waals surface area contributed by atoms with Gasteiger partial charge in [0.05, 0.1) is 0 Å². The molecule has 0 aliphatic heterocycles. The van der Waals surface area contributed by atoms with Gasteiger partial charge < -0.3 is 9.47 Å². The predicted octanol–water partition coefficient (Wildman–Crippen LogP) is 2.93. The van der Waals surface area contributed by atoms with Gasteiger partial charge in [-0.2, -0.15) is 0 Å². The zero-order valence-corrected chi connectivity index (χ0v) is 8.12. The summed E-state index contributed by atoms with van der Waals surface area (Å²) in [6, 6.07) is 4.98. The SMILES string of the molecule is C[C@H](Cl)OC(=O)Oc1ccc(F)cc1. The topological polar surface area (TPSA) is 35.5 Å². The highest BCUT2D eigenvalue weighted by Crippen LogP contribution is 2.12. The van der Waals surface area contributed by atoms with Crippen molar-refractivity contribution in [2.24, 2.45) is 0 Å². The summed E-state index contributed by atoms with van der Waals surface area (Å²) >= 11 is 5.38. The van der Waals surface area contributed by atoms with E-state index in [1.54, 1.807) is 0 Å². The highest BCUT2D eigenvalue weighted by molar-refractivity contribution is 6.19. The van der Waals surface area contributed by atoms with Gasteiger partial charge in [0.1, 0.15) is 11.6 Å². The largest absolute Gasteiger partial charge is 0.515 e. The van der Waals surface area contributed by atoms with Crippen molar-refractivity contribution < 1.29 is 18.7 Å². The number of hydrogen-bond acceptors (Lipinski definition) is 3. The molecule has 1 aromatic rings. The Morgan fingerprint density at radius 2 is 2.00 bits per heavy atom. The summed E-state index contributed by atoms with van der Waals surface area (Å²) in [5.41, 5.74) is -0.761. The minimum atomic E-state index is -0.917. The van der Waals surface area contributed by atoms with Crippen LogP contribution in [0, 0.1) is 5.82 Å². The lowest BCUT2D eigenvalue weighted by atomic mass is 10.3. The number of halogens is 2. The Morgan fingerprint density at radius 1 is 1.43 bits per heavy atom. The van der Waals surface area contributed by atoms with Crippen molar-refractivity contribution in [3.8, 4) is 5.75 Å². The van der Waals surface area contributed by atoms with E-state index >= 15 is 0 Å². The molecule has 1 aromatic carbocycles. The fourth-order valence-corrected chi connectivity index (χ4v) is 0.828. The van der Waals surface area contributed by atoms with Crippen LogP contribution in [0.4, 0.5) is 9.18 Å². The van der Waals surface area contributed by atoms with Crippen LogP contribution in [0.1, 0.15) is 6.92 Å². The molecule has 0 saturated carbocycles. The normalized spacial score (nSPS) is 11.9. The molecule has 0 bridgehead atoms. The second-order valence-corrected chi connectivity index (χ2v) is 3.08. The molecule has 0 N–H and O–H groups in total. The second-order valence-electron chi connectivity index (χ2n) is 2.47. The molecule has 0 aliphatic rings. The minimum Gasteiger partial charge on any atom is -0.415 e. The number of carbonyl (C=O) groups excluding carboxylic acids is 1. The van der Waals surface area contributed by atoms with E-state index in [0.717, 1.165) is 0 Å². The van der Waals surface area contributed by atoms with Gasteiger partial charge in [-0.1, -0.05) is 11.6 Å². The fourth-order valence-electron chi connectivity index (χ4n) is 0.756. The summed E-state index contributed by atoms with van der Waals surface area (Å²) in [7, 11) is 0. The molecule has 1 rings (SSSR count). The monoisotopic (exact) mass is 218 g/mol. The molecule has 0 saturated heterocycles. The van der Waals surface area contributed by atoms with Crippen LogP contribution in [-0.2, 0) is 4.74 Å². The third-order valence-corrected chi connectivity index (χ3v) is 1.36. The Hall–Kier alpha value is -1.29. The van der Waals surface area contributed by atoms with Gasteiger partial charge in [0, 0.05) is 0 Å². The molecule has 0 spiro atoms. The first-order valence-corrected chi connectivity index (χ1v) is 4.29. The summed E-state index contributed by atoms with van der Waals surface area (Å²) in [5.74, 6) is -0.204. The van der Waals surface area contributed by atoms with Crippen LogP contribution in [0.2, 0.25) is 0 Å². The fraction of sp³-hybridized carbons (Fsp3) is 0.222. The predicted molar refractivity (Wildman–Crippen MR) is 48.8 cm³/mol. The van der Waals surface area contributed by atoms with Crippen molar-refractivity contribution in [2.75, 3.05) is 0 Å². The van der Waals surface area contributed by atoms with Crippen LogP contribution >= 0.6 is 11.6 Å². The summed E-state index contributed by atoms with van der Waals surface area (Å²) in [6.45, 7) is 1.48. The van der Waals surface area contributed by atoms with Crippen molar-refractivity contribution in [1.29, 1.82) is 0 Å². The third kappa shape index (κ3) is 3.62. The summed E-state index contributed by atoms with van der Waals surface area (Å²) in [6.07, 6.45) is -0.917. The molecule has 5 heteroatoms. The summed E-state index contributed by atoms with van der Waals surface area (Å²) in [5, 5.41) is 0. The molecule has 0 aliphatic carbocycles. The van der Waals surface area contributed by atoms with Gasteiger partial charge in [0.2, 0.25) is 0 Å². The van der Waals surface area contributed by atoms with Gasteiger partial charge in [-0.25, -0.2) is 9.18 Å². The number of ether oxygens (including phenoxy) is 2. The molecule has 0 unspecified atom stereocenters. The number of alkyl halides is 1. The van der Waals surface area contributed by atoms with E-state index < -0.39 is 17.5 Å². The van der Waals surface area contributed by atoms with Crippen molar-refractivity contribution >= 4 is 17.8 Å². The van der Waals surface area contributed by atoms with Crippen LogP contribution in [0.3, 0.4) is 0 Å². The Balaban J connectivity index is 2.52. The Kier molecular flexibility index (Phi) is 3.71. The molecule has 0 aromatic heterocycles. The van der Waals surface area contributed by atoms with E-state index in [1.165, 1.54) is 31.2 Å². The molecule has 0 fully saturated rings. The summed E-state index contributed by atoms with van der Waals surface area (Å²) in [4.78, 5) is 10.9. The van der Waals surface area contributed by atoms with Crippen LogP contribution in [0.25, 0.3) is 0 Å². The molecule has 0 radical (unpaired) electrons. The van der Waals surface area contributed by atoms with E-state index in [9.17, 15) is 9.18 Å². The van der Waals surface area contributed by atoms with Gasteiger partial charge in [0.15, 0.2) is 5.56 Å². The van der Waals surface area contributed by atoms with Crippen molar-refractivity contribution in [1.82, 2.24) is 0 Å². The molecular weight excluding hydrogens is 211 g/mol. The second kappa shape index (κ2) is 4.81. The maximum absolute atomic E-state index is 12.4. The molecule has 3 nitrogen and oxygen atoms in total. The highest BCUT2D eigenvalue weighted by Gasteiger charge is 2.08. The van der Waals surface area contributed by atoms with Crippen LogP contribution < -0.4 is 4.74 Å². The van der Waals surface area contributed by atoms with Gasteiger partial charge >= 0.3 is 6.16 Å². The first kappa shape index (κ1) is 10.8. The van der Waals surface area contributed by atoms with E-state index in [4.69, 9.17) is 11.6 Å². The Labute approximate surface area is 85.4 Å². The Morgan fingerprint density at radius 3 is 2.50 bits per heavy atom. The lowest BCUT2D eigenvalue weighted by Crippen LogP contribution is -2.14. The number of benzene rings is 1. The lowest BCUT2D eigenvalue weighted by molar-refractivity contribution is 0.0923. The quantitative estimate of drug-likeness (QED) is 0.435. The first-order valence-electron chi connectivity index (χ1n) is 3.86. The average molecular weight is 219 g/mol. The maximum atomic E-state index is 12.4.